The predicted octanol–water partition coefficient (Wildman–Crippen LogP) is 6.03. The van der Waals surface area contributed by atoms with E-state index in [0.717, 1.165) is 12.7 Å². The van der Waals surface area contributed by atoms with Gasteiger partial charge in [0.1, 0.15) is 36.4 Å². The Morgan fingerprint density at radius 1 is 1.03 bits per heavy atom. The van der Waals surface area contributed by atoms with Crippen LogP contribution in [0.5, 0.6) is 11.5 Å². The number of nitrogens with one attached hydrogen (secondary N) is 1. The molecule has 0 bridgehead atoms. The Hall–Kier alpha value is -3.02. The number of anilines is 1. The minimum atomic E-state index is -0.492. The van der Waals surface area contributed by atoms with Gasteiger partial charge in [0.05, 0.1) is 7.14 Å². The van der Waals surface area contributed by atoms with Crippen LogP contribution in [-0.4, -0.2) is 12.5 Å². The smallest absolute Gasteiger partial charge is 0.266 e. The van der Waals surface area contributed by atoms with Crippen molar-refractivity contribution in [2.24, 2.45) is 0 Å². The van der Waals surface area contributed by atoms with Gasteiger partial charge in [-0.15, -0.1) is 6.42 Å². The molecule has 5 nitrogen and oxygen atoms in total. The van der Waals surface area contributed by atoms with Crippen LogP contribution in [0.2, 0.25) is 0 Å². The Morgan fingerprint density at radius 3 is 2.30 bits per heavy atom. The van der Waals surface area contributed by atoms with Crippen LogP contribution in [0, 0.1) is 30.8 Å². The predicted molar refractivity (Wildman–Crippen MR) is 146 cm³/mol. The molecule has 0 fully saturated rings. The lowest BCUT2D eigenvalue weighted by molar-refractivity contribution is -0.112. The van der Waals surface area contributed by atoms with Gasteiger partial charge in [-0.2, -0.15) is 5.26 Å². The molecule has 1 amide bonds. The van der Waals surface area contributed by atoms with Crippen molar-refractivity contribution < 1.29 is 14.3 Å². The molecule has 3 rings (SSSR count). The van der Waals surface area contributed by atoms with E-state index in [9.17, 15) is 10.1 Å². The zero-order valence-electron chi connectivity index (χ0n) is 17.3. The van der Waals surface area contributed by atoms with Crippen LogP contribution in [0.25, 0.3) is 6.08 Å². The van der Waals surface area contributed by atoms with Gasteiger partial charge in [0.2, 0.25) is 0 Å². The largest absolute Gasteiger partial charge is 0.489 e. The second-order valence-electron chi connectivity index (χ2n) is 6.73. The number of carbonyl (C=O) groups excluding carboxylic acids is 1. The lowest BCUT2D eigenvalue weighted by atomic mass is 10.1. The van der Waals surface area contributed by atoms with Gasteiger partial charge >= 0.3 is 0 Å². The Morgan fingerprint density at radius 2 is 1.70 bits per heavy atom. The monoisotopic (exact) mass is 660 g/mol. The summed E-state index contributed by atoms with van der Waals surface area (Å²) in [4.78, 5) is 12.6. The van der Waals surface area contributed by atoms with Crippen LogP contribution in [0.4, 0.5) is 5.69 Å². The fraction of sp³-hybridized carbons (Fsp3) is 0.0769. The molecular formula is C26H18I2N2O3. The fourth-order valence-electron chi connectivity index (χ4n) is 2.80. The maximum Gasteiger partial charge on any atom is 0.266 e. The first-order valence-corrected chi connectivity index (χ1v) is 11.9. The van der Waals surface area contributed by atoms with Gasteiger partial charge in [0, 0.05) is 5.69 Å². The summed E-state index contributed by atoms with van der Waals surface area (Å²) in [5, 5.41) is 12.3. The normalized spacial score (nSPS) is 10.6. The molecule has 0 saturated heterocycles. The number of nitrogens with zero attached hydrogens (tertiary/aromatic N) is 1. The molecule has 0 radical (unpaired) electrons. The van der Waals surface area contributed by atoms with Crippen molar-refractivity contribution in [3.8, 4) is 29.9 Å². The minimum absolute atomic E-state index is 0.0108. The number of amides is 1. The molecule has 0 saturated carbocycles. The topological polar surface area (TPSA) is 71.3 Å². The first-order valence-electron chi connectivity index (χ1n) is 9.75. The van der Waals surface area contributed by atoms with Crippen LogP contribution >= 0.6 is 45.2 Å². The number of halogens is 2. The highest BCUT2D eigenvalue weighted by molar-refractivity contribution is 14.1. The fourth-order valence-corrected chi connectivity index (χ4v) is 4.93. The van der Waals surface area contributed by atoms with Crippen molar-refractivity contribution >= 4 is 62.9 Å². The maximum absolute atomic E-state index is 12.6. The molecule has 33 heavy (non-hydrogen) atoms. The molecule has 3 aromatic carbocycles. The minimum Gasteiger partial charge on any atom is -0.489 e. The third-order valence-electron chi connectivity index (χ3n) is 4.36. The Bertz CT molecular complexity index is 1220. The van der Waals surface area contributed by atoms with E-state index in [1.165, 1.54) is 0 Å². The second-order valence-corrected chi connectivity index (χ2v) is 9.05. The first kappa shape index (κ1) is 24.6. The number of hydrogen-bond acceptors (Lipinski definition) is 4. The van der Waals surface area contributed by atoms with E-state index < -0.39 is 5.91 Å². The van der Waals surface area contributed by atoms with E-state index in [1.54, 1.807) is 30.3 Å². The summed E-state index contributed by atoms with van der Waals surface area (Å²) < 4.78 is 13.0. The molecule has 3 aromatic rings. The van der Waals surface area contributed by atoms with Crippen molar-refractivity contribution in [1.29, 1.82) is 5.26 Å². The molecule has 0 aliphatic rings. The van der Waals surface area contributed by atoms with Crippen LogP contribution < -0.4 is 14.8 Å². The number of hydrogen-bond donors (Lipinski definition) is 1. The third-order valence-corrected chi connectivity index (χ3v) is 5.96. The number of rotatable bonds is 8. The van der Waals surface area contributed by atoms with Gasteiger partial charge in [-0.1, -0.05) is 36.3 Å². The molecular weight excluding hydrogens is 642 g/mol. The average Bonchev–Trinajstić information content (AvgIpc) is 2.82. The molecule has 1 N–H and O–H groups in total. The molecule has 0 aliphatic carbocycles. The molecule has 164 valence electrons. The number of terminal acetylenes is 1. The SMILES string of the molecule is C#CCOc1c(I)cc(/C=C(\C#N)C(=O)Nc2ccc(OCc3ccccc3)cc2)cc1I. The number of nitriles is 1. The number of ether oxygens (including phenoxy) is 2. The number of carbonyl (C=O) groups is 1. The van der Waals surface area contributed by atoms with Gasteiger partial charge in [0.15, 0.2) is 0 Å². The Labute approximate surface area is 220 Å². The summed E-state index contributed by atoms with van der Waals surface area (Å²) >= 11 is 4.27. The summed E-state index contributed by atoms with van der Waals surface area (Å²) in [6.07, 6.45) is 6.80. The second kappa shape index (κ2) is 12.3. The summed E-state index contributed by atoms with van der Waals surface area (Å²) in [6, 6.07) is 22.5. The standard InChI is InChI=1S/C26H18I2N2O3/c1-2-12-32-25-23(27)14-19(15-24(25)28)13-20(16-29)26(31)30-21-8-10-22(11-9-21)33-17-18-6-4-3-5-7-18/h1,3-11,13-15H,12,17H2,(H,30,31)/b20-13+. The zero-order valence-corrected chi connectivity index (χ0v) is 21.7. The molecule has 0 unspecified atom stereocenters. The highest BCUT2D eigenvalue weighted by atomic mass is 127. The lowest BCUT2D eigenvalue weighted by Crippen LogP contribution is -2.13. The first-order chi connectivity index (χ1) is 16.0. The van der Waals surface area contributed by atoms with Crippen molar-refractivity contribution in [2.75, 3.05) is 11.9 Å². The van der Waals surface area contributed by atoms with Gasteiger partial charge in [-0.3, -0.25) is 4.79 Å². The van der Waals surface area contributed by atoms with Crippen molar-refractivity contribution in [3.63, 3.8) is 0 Å². The molecule has 7 heteroatoms. The van der Waals surface area contributed by atoms with E-state index in [2.05, 4.69) is 56.4 Å². The van der Waals surface area contributed by atoms with Crippen molar-refractivity contribution in [3.05, 3.63) is 90.6 Å². The van der Waals surface area contributed by atoms with E-state index in [0.29, 0.717) is 29.4 Å². The van der Waals surface area contributed by atoms with Gasteiger partial charge in [0.25, 0.3) is 5.91 Å². The average molecular weight is 660 g/mol. The van der Waals surface area contributed by atoms with E-state index in [1.807, 2.05) is 48.5 Å². The maximum atomic E-state index is 12.6. The summed E-state index contributed by atoms with van der Waals surface area (Å²) in [5.41, 5.74) is 2.34. The van der Waals surface area contributed by atoms with E-state index >= 15 is 0 Å². The molecule has 0 atom stereocenters. The highest BCUT2D eigenvalue weighted by Crippen LogP contribution is 2.30. The van der Waals surface area contributed by atoms with Crippen molar-refractivity contribution in [1.82, 2.24) is 0 Å². The van der Waals surface area contributed by atoms with E-state index in [4.69, 9.17) is 15.9 Å². The van der Waals surface area contributed by atoms with Crippen LogP contribution in [0.1, 0.15) is 11.1 Å². The molecule has 0 spiro atoms. The van der Waals surface area contributed by atoms with Crippen LogP contribution in [-0.2, 0) is 11.4 Å². The van der Waals surface area contributed by atoms with Gasteiger partial charge in [-0.25, -0.2) is 0 Å². The highest BCUT2D eigenvalue weighted by Gasteiger charge is 2.12. The summed E-state index contributed by atoms with van der Waals surface area (Å²) in [7, 11) is 0. The lowest BCUT2D eigenvalue weighted by Gasteiger charge is -2.10. The molecule has 0 heterocycles. The van der Waals surface area contributed by atoms with Gasteiger partial charge in [-0.05, 0) is 98.8 Å². The quantitative estimate of drug-likeness (QED) is 0.139. The van der Waals surface area contributed by atoms with Gasteiger partial charge < -0.3 is 14.8 Å². The summed E-state index contributed by atoms with van der Waals surface area (Å²) in [5.74, 6) is 3.31. The zero-order chi connectivity index (χ0) is 23.6. The molecule has 0 aliphatic heterocycles. The Balaban J connectivity index is 1.66. The third kappa shape index (κ3) is 7.24. The summed E-state index contributed by atoms with van der Waals surface area (Å²) in [6.45, 7) is 0.626. The van der Waals surface area contributed by atoms with Crippen molar-refractivity contribution in [2.45, 2.75) is 6.61 Å². The van der Waals surface area contributed by atoms with E-state index in [-0.39, 0.29) is 12.2 Å². The number of benzene rings is 3. The Kier molecular flexibility index (Phi) is 9.16. The molecule has 0 aromatic heterocycles. The van der Waals surface area contributed by atoms with Crippen LogP contribution in [0.3, 0.4) is 0 Å². The van der Waals surface area contributed by atoms with Crippen LogP contribution in [0.15, 0.2) is 72.3 Å².